The second-order valence-corrected chi connectivity index (χ2v) is 6.88. The molecule has 0 radical (unpaired) electrons. The van der Waals surface area contributed by atoms with Gasteiger partial charge in [-0.1, -0.05) is 29.3 Å². The van der Waals surface area contributed by atoms with E-state index in [9.17, 15) is 4.79 Å². The molecule has 4 rings (SSSR count). The normalized spacial score (nSPS) is 10.8. The van der Waals surface area contributed by atoms with Crippen LogP contribution in [0.4, 0.5) is 5.69 Å². The molecule has 1 amide bonds. The van der Waals surface area contributed by atoms with E-state index in [2.05, 4.69) is 10.3 Å². The van der Waals surface area contributed by atoms with Crippen LogP contribution in [0.2, 0.25) is 10.0 Å². The number of benzene rings is 3. The van der Waals surface area contributed by atoms with Crippen molar-refractivity contribution >= 4 is 45.9 Å². The Hall–Kier alpha value is -3.02. The van der Waals surface area contributed by atoms with Crippen LogP contribution in [0, 0.1) is 0 Å². The van der Waals surface area contributed by atoms with E-state index in [1.807, 2.05) is 12.1 Å². The van der Waals surface area contributed by atoms with E-state index in [1.54, 1.807) is 54.6 Å². The molecule has 0 aliphatic rings. The summed E-state index contributed by atoms with van der Waals surface area (Å²) in [6, 6.07) is 19.3. The molecule has 0 aliphatic heterocycles. The molecule has 140 valence electrons. The molecule has 0 bridgehead atoms. The molecule has 1 heterocycles. The van der Waals surface area contributed by atoms with Crippen molar-refractivity contribution in [2.24, 2.45) is 0 Å². The fourth-order valence-electron chi connectivity index (χ4n) is 2.62. The number of carbonyl (C=O) groups is 1. The number of fused-ring (bicyclic) bond motifs is 1. The summed E-state index contributed by atoms with van der Waals surface area (Å²) in [6.07, 6.45) is 0. The van der Waals surface area contributed by atoms with E-state index < -0.39 is 0 Å². The van der Waals surface area contributed by atoms with Crippen molar-refractivity contribution < 1.29 is 13.9 Å². The standard InChI is InChI=1S/C21H14Cl2N2O3/c22-14-2-1-3-17(10-14)27-12-20(26)24-16-7-4-13(5-8-16)21-25-18-11-15(23)6-9-19(18)28-21/h1-11H,12H2,(H,24,26). The maximum Gasteiger partial charge on any atom is 0.262 e. The van der Waals surface area contributed by atoms with Crippen LogP contribution in [0.1, 0.15) is 0 Å². The molecular formula is C21H14Cl2N2O3. The zero-order chi connectivity index (χ0) is 19.5. The minimum absolute atomic E-state index is 0.117. The Morgan fingerprint density at radius 1 is 1.00 bits per heavy atom. The lowest BCUT2D eigenvalue weighted by molar-refractivity contribution is -0.118. The van der Waals surface area contributed by atoms with Crippen LogP contribution in [0.3, 0.4) is 0 Å². The molecule has 1 N–H and O–H groups in total. The lowest BCUT2D eigenvalue weighted by Crippen LogP contribution is -2.20. The summed E-state index contributed by atoms with van der Waals surface area (Å²) in [5.74, 6) is 0.748. The molecule has 0 unspecified atom stereocenters. The lowest BCUT2D eigenvalue weighted by atomic mass is 10.2. The topological polar surface area (TPSA) is 64.4 Å². The molecule has 7 heteroatoms. The van der Waals surface area contributed by atoms with Gasteiger partial charge in [-0.2, -0.15) is 0 Å². The number of oxazole rings is 1. The summed E-state index contributed by atoms with van der Waals surface area (Å²) >= 11 is 11.9. The molecule has 0 atom stereocenters. The Labute approximate surface area is 170 Å². The first kappa shape index (κ1) is 18.3. The summed E-state index contributed by atoms with van der Waals surface area (Å²) in [7, 11) is 0. The molecule has 3 aromatic carbocycles. The van der Waals surface area contributed by atoms with Crippen LogP contribution in [0.25, 0.3) is 22.6 Å². The summed E-state index contributed by atoms with van der Waals surface area (Å²) in [6.45, 7) is -0.117. The van der Waals surface area contributed by atoms with Gasteiger partial charge in [-0.05, 0) is 60.7 Å². The molecule has 28 heavy (non-hydrogen) atoms. The number of carbonyl (C=O) groups excluding carboxylic acids is 1. The summed E-state index contributed by atoms with van der Waals surface area (Å²) < 4.78 is 11.2. The summed E-state index contributed by atoms with van der Waals surface area (Å²) in [5.41, 5.74) is 2.79. The first-order valence-corrected chi connectivity index (χ1v) is 9.17. The number of aromatic nitrogens is 1. The first-order chi connectivity index (χ1) is 13.6. The van der Waals surface area contributed by atoms with Gasteiger partial charge in [0.1, 0.15) is 11.3 Å². The molecule has 0 fully saturated rings. The minimum atomic E-state index is -0.274. The van der Waals surface area contributed by atoms with Crippen LogP contribution in [-0.4, -0.2) is 17.5 Å². The highest BCUT2D eigenvalue weighted by molar-refractivity contribution is 6.31. The van der Waals surface area contributed by atoms with E-state index in [-0.39, 0.29) is 12.5 Å². The maximum absolute atomic E-state index is 12.1. The molecule has 5 nitrogen and oxygen atoms in total. The van der Waals surface area contributed by atoms with Crippen LogP contribution in [0.5, 0.6) is 5.75 Å². The predicted molar refractivity (Wildman–Crippen MR) is 110 cm³/mol. The molecule has 1 aromatic heterocycles. The first-order valence-electron chi connectivity index (χ1n) is 8.41. The third-order valence-corrected chi connectivity index (χ3v) is 4.40. The van der Waals surface area contributed by atoms with Crippen molar-refractivity contribution in [2.45, 2.75) is 0 Å². The minimum Gasteiger partial charge on any atom is -0.484 e. The monoisotopic (exact) mass is 412 g/mol. The van der Waals surface area contributed by atoms with Gasteiger partial charge < -0.3 is 14.5 Å². The van der Waals surface area contributed by atoms with Gasteiger partial charge in [-0.15, -0.1) is 0 Å². The van der Waals surface area contributed by atoms with Gasteiger partial charge in [0.15, 0.2) is 12.2 Å². The van der Waals surface area contributed by atoms with E-state index in [1.165, 1.54) is 0 Å². The molecule has 0 saturated carbocycles. The Morgan fingerprint density at radius 2 is 1.79 bits per heavy atom. The molecule has 0 spiro atoms. The fraction of sp³-hybridized carbons (Fsp3) is 0.0476. The predicted octanol–water partition coefficient (Wildman–Crippen LogP) is 5.82. The number of hydrogen-bond acceptors (Lipinski definition) is 4. The Kier molecular flexibility index (Phi) is 5.19. The van der Waals surface area contributed by atoms with E-state index in [4.69, 9.17) is 32.4 Å². The third-order valence-electron chi connectivity index (χ3n) is 3.93. The van der Waals surface area contributed by atoms with Gasteiger partial charge >= 0.3 is 0 Å². The van der Waals surface area contributed by atoms with E-state index in [0.29, 0.717) is 38.5 Å². The molecule has 0 aliphatic carbocycles. The van der Waals surface area contributed by atoms with Gasteiger partial charge in [0.05, 0.1) is 0 Å². The van der Waals surface area contributed by atoms with Crippen molar-refractivity contribution in [3.8, 4) is 17.2 Å². The van der Waals surface area contributed by atoms with E-state index >= 15 is 0 Å². The van der Waals surface area contributed by atoms with Crippen LogP contribution in [-0.2, 0) is 4.79 Å². The highest BCUT2D eigenvalue weighted by Crippen LogP contribution is 2.27. The second kappa shape index (κ2) is 7.92. The zero-order valence-electron chi connectivity index (χ0n) is 14.5. The van der Waals surface area contributed by atoms with Gasteiger partial charge in [0.25, 0.3) is 5.91 Å². The van der Waals surface area contributed by atoms with Crippen LogP contribution in [0.15, 0.2) is 71.1 Å². The quantitative estimate of drug-likeness (QED) is 0.448. The van der Waals surface area contributed by atoms with Crippen molar-refractivity contribution in [2.75, 3.05) is 11.9 Å². The van der Waals surface area contributed by atoms with Gasteiger partial charge in [-0.3, -0.25) is 4.79 Å². The van der Waals surface area contributed by atoms with Crippen molar-refractivity contribution in [1.29, 1.82) is 0 Å². The number of hydrogen-bond donors (Lipinski definition) is 1. The number of halogens is 2. The van der Waals surface area contributed by atoms with E-state index in [0.717, 1.165) is 5.56 Å². The van der Waals surface area contributed by atoms with Crippen molar-refractivity contribution in [3.05, 3.63) is 76.8 Å². The number of anilines is 1. The average Bonchev–Trinajstić information content (AvgIpc) is 3.10. The number of nitrogens with zero attached hydrogens (tertiary/aromatic N) is 1. The number of rotatable bonds is 5. The fourth-order valence-corrected chi connectivity index (χ4v) is 2.97. The highest BCUT2D eigenvalue weighted by Gasteiger charge is 2.10. The van der Waals surface area contributed by atoms with Gasteiger partial charge in [-0.25, -0.2) is 4.98 Å². The van der Waals surface area contributed by atoms with Crippen molar-refractivity contribution in [3.63, 3.8) is 0 Å². The Bertz CT molecular complexity index is 1140. The Morgan fingerprint density at radius 3 is 2.57 bits per heavy atom. The van der Waals surface area contributed by atoms with Crippen LogP contribution < -0.4 is 10.1 Å². The number of ether oxygens (including phenoxy) is 1. The zero-order valence-corrected chi connectivity index (χ0v) is 16.0. The number of nitrogens with one attached hydrogen (secondary N) is 1. The largest absolute Gasteiger partial charge is 0.484 e. The maximum atomic E-state index is 12.1. The molecule has 4 aromatic rings. The third kappa shape index (κ3) is 4.27. The summed E-state index contributed by atoms with van der Waals surface area (Å²) in [4.78, 5) is 16.5. The lowest BCUT2D eigenvalue weighted by Gasteiger charge is -2.08. The summed E-state index contributed by atoms with van der Waals surface area (Å²) in [5, 5.41) is 3.93. The van der Waals surface area contributed by atoms with Crippen LogP contribution >= 0.6 is 23.2 Å². The number of amides is 1. The average molecular weight is 413 g/mol. The van der Waals surface area contributed by atoms with Gasteiger partial charge in [0.2, 0.25) is 5.89 Å². The molecule has 0 saturated heterocycles. The molecular weight excluding hydrogens is 399 g/mol. The smallest absolute Gasteiger partial charge is 0.262 e. The highest BCUT2D eigenvalue weighted by atomic mass is 35.5. The second-order valence-electron chi connectivity index (χ2n) is 6.00. The Balaban J connectivity index is 1.40. The SMILES string of the molecule is O=C(COc1cccc(Cl)c1)Nc1ccc(-c2nc3cc(Cl)ccc3o2)cc1. The van der Waals surface area contributed by atoms with Crippen molar-refractivity contribution in [1.82, 2.24) is 4.98 Å². The van der Waals surface area contributed by atoms with Gasteiger partial charge in [0, 0.05) is 21.3 Å².